The molecule has 2 aromatic rings. The van der Waals surface area contributed by atoms with E-state index in [1.54, 1.807) is 13.3 Å². The molecule has 0 aliphatic carbocycles. The van der Waals surface area contributed by atoms with Crippen LogP contribution in [0.5, 0.6) is 5.75 Å². The molecule has 2 aromatic carbocycles. The Balaban J connectivity index is 1.88. The van der Waals surface area contributed by atoms with Gasteiger partial charge >= 0.3 is 0 Å². The number of para-hydroxylation sites is 2. The number of thiocarbonyl (C=S) groups is 1. The van der Waals surface area contributed by atoms with Crippen molar-refractivity contribution < 1.29 is 9.84 Å². The number of nitrogens with one attached hydrogen (secondary N) is 2. The zero-order valence-corrected chi connectivity index (χ0v) is 15.1. The Labute approximate surface area is 153 Å². The van der Waals surface area contributed by atoms with Crippen molar-refractivity contribution in [2.75, 3.05) is 37.5 Å². The molecule has 6 nitrogen and oxygen atoms in total. The maximum absolute atomic E-state index is 8.96. The van der Waals surface area contributed by atoms with Crippen LogP contribution in [0.4, 0.5) is 11.4 Å². The van der Waals surface area contributed by atoms with Gasteiger partial charge in [-0.2, -0.15) is 5.10 Å². The van der Waals surface area contributed by atoms with E-state index in [4.69, 9.17) is 22.1 Å². The van der Waals surface area contributed by atoms with Gasteiger partial charge in [0.15, 0.2) is 5.11 Å². The molecule has 3 N–H and O–H groups in total. The van der Waals surface area contributed by atoms with Gasteiger partial charge in [0.1, 0.15) is 5.75 Å². The van der Waals surface area contributed by atoms with Crippen LogP contribution in [0.1, 0.15) is 5.56 Å². The van der Waals surface area contributed by atoms with Gasteiger partial charge in [-0.3, -0.25) is 5.43 Å². The average molecular weight is 358 g/mol. The van der Waals surface area contributed by atoms with Crippen LogP contribution in [0.15, 0.2) is 53.6 Å². The number of aliphatic hydroxyl groups excluding tert-OH is 1. The van der Waals surface area contributed by atoms with Crippen LogP contribution < -0.4 is 20.4 Å². The molecule has 0 bridgehead atoms. The quantitative estimate of drug-likeness (QED) is 0.401. The molecule has 0 atom stereocenters. The summed E-state index contributed by atoms with van der Waals surface area (Å²) in [5, 5.41) is 16.5. The summed E-state index contributed by atoms with van der Waals surface area (Å²) in [5.41, 5.74) is 5.52. The van der Waals surface area contributed by atoms with Crippen LogP contribution in [0.25, 0.3) is 0 Å². The van der Waals surface area contributed by atoms with Crippen molar-refractivity contribution in [3.8, 4) is 5.75 Å². The van der Waals surface area contributed by atoms with E-state index in [1.165, 1.54) is 0 Å². The Morgan fingerprint density at radius 1 is 1.24 bits per heavy atom. The highest BCUT2D eigenvalue weighted by Crippen LogP contribution is 2.22. The fraction of sp³-hybridized carbons (Fsp3) is 0.222. The second kappa shape index (κ2) is 9.61. The number of hydrogen-bond acceptors (Lipinski definition) is 5. The molecule has 0 aliphatic rings. The highest BCUT2D eigenvalue weighted by Gasteiger charge is 2.03. The molecule has 0 fully saturated rings. The summed E-state index contributed by atoms with van der Waals surface area (Å²) >= 11 is 5.22. The molecule has 0 radical (unpaired) electrons. The Kier molecular flexibility index (Phi) is 7.18. The second-order valence-electron chi connectivity index (χ2n) is 5.26. The third kappa shape index (κ3) is 5.74. The molecule has 0 amide bonds. The van der Waals surface area contributed by atoms with E-state index in [-0.39, 0.29) is 6.61 Å². The highest BCUT2D eigenvalue weighted by atomic mass is 32.1. The van der Waals surface area contributed by atoms with Crippen molar-refractivity contribution in [1.29, 1.82) is 0 Å². The van der Waals surface area contributed by atoms with Gasteiger partial charge in [-0.25, -0.2) is 0 Å². The fourth-order valence-electron chi connectivity index (χ4n) is 2.16. The van der Waals surface area contributed by atoms with Gasteiger partial charge < -0.3 is 20.1 Å². The molecular formula is C18H22N4O2S. The fourth-order valence-corrected chi connectivity index (χ4v) is 2.32. The van der Waals surface area contributed by atoms with Crippen molar-refractivity contribution in [2.24, 2.45) is 5.10 Å². The minimum absolute atomic E-state index is 0.125. The molecule has 2 rings (SSSR count). The molecule has 0 saturated carbocycles. The molecule has 0 spiro atoms. The number of nitrogens with zero attached hydrogens (tertiary/aromatic N) is 2. The number of anilines is 2. The highest BCUT2D eigenvalue weighted by molar-refractivity contribution is 7.80. The van der Waals surface area contributed by atoms with Gasteiger partial charge in [-0.05, 0) is 42.0 Å². The first kappa shape index (κ1) is 18.7. The number of methoxy groups -OCH3 is 1. The van der Waals surface area contributed by atoms with E-state index in [9.17, 15) is 0 Å². The third-order valence-corrected chi connectivity index (χ3v) is 3.70. The van der Waals surface area contributed by atoms with Crippen molar-refractivity contribution in [2.45, 2.75) is 0 Å². The van der Waals surface area contributed by atoms with Crippen molar-refractivity contribution in [3.05, 3.63) is 54.1 Å². The van der Waals surface area contributed by atoms with Crippen LogP contribution in [0.2, 0.25) is 0 Å². The third-order valence-electron chi connectivity index (χ3n) is 3.50. The predicted octanol–water partition coefficient (Wildman–Crippen LogP) is 2.44. The number of likely N-dealkylation sites (N-methyl/N-ethyl adjacent to an activating group) is 1. The lowest BCUT2D eigenvalue weighted by molar-refractivity contribution is 0.304. The normalized spacial score (nSPS) is 10.5. The molecule has 0 heterocycles. The maximum Gasteiger partial charge on any atom is 0.191 e. The standard InChI is InChI=1S/C18H22N4O2S/c1-22(11-12-23)15-9-7-14(8-10-15)13-19-21-18(25)20-16-5-3-4-6-17(16)24-2/h3-10,13,23H,11-12H2,1-2H3,(H2,20,21,25)/b19-13-. The molecule has 0 saturated heterocycles. The lowest BCUT2D eigenvalue weighted by Gasteiger charge is -2.17. The van der Waals surface area contributed by atoms with Crippen LogP contribution in [-0.2, 0) is 0 Å². The lowest BCUT2D eigenvalue weighted by Crippen LogP contribution is -2.24. The molecular weight excluding hydrogens is 336 g/mol. The minimum Gasteiger partial charge on any atom is -0.495 e. The van der Waals surface area contributed by atoms with Gasteiger partial charge in [0.25, 0.3) is 0 Å². The Hall–Kier alpha value is -2.64. The van der Waals surface area contributed by atoms with E-state index < -0.39 is 0 Å². The van der Waals surface area contributed by atoms with E-state index >= 15 is 0 Å². The van der Waals surface area contributed by atoms with Gasteiger partial charge in [-0.15, -0.1) is 0 Å². The van der Waals surface area contributed by atoms with Crippen molar-refractivity contribution >= 4 is 34.9 Å². The van der Waals surface area contributed by atoms with Crippen LogP contribution in [0, 0.1) is 0 Å². The lowest BCUT2D eigenvalue weighted by atomic mass is 10.2. The number of rotatable bonds is 7. The first-order valence-corrected chi connectivity index (χ1v) is 8.20. The van der Waals surface area contributed by atoms with Gasteiger partial charge in [0.2, 0.25) is 0 Å². The molecule has 0 aromatic heterocycles. The summed E-state index contributed by atoms with van der Waals surface area (Å²) in [6, 6.07) is 15.4. The monoisotopic (exact) mass is 358 g/mol. The van der Waals surface area contributed by atoms with E-state index in [2.05, 4.69) is 15.8 Å². The van der Waals surface area contributed by atoms with E-state index in [1.807, 2.05) is 60.5 Å². The first-order valence-electron chi connectivity index (χ1n) is 7.79. The smallest absolute Gasteiger partial charge is 0.191 e. The number of benzene rings is 2. The van der Waals surface area contributed by atoms with Crippen LogP contribution in [0.3, 0.4) is 0 Å². The van der Waals surface area contributed by atoms with Gasteiger partial charge in [-0.1, -0.05) is 24.3 Å². The summed E-state index contributed by atoms with van der Waals surface area (Å²) < 4.78 is 5.26. The average Bonchev–Trinajstić information content (AvgIpc) is 2.63. The number of aliphatic hydroxyl groups is 1. The van der Waals surface area contributed by atoms with Gasteiger partial charge in [0.05, 0.1) is 25.6 Å². The predicted molar refractivity (Wildman–Crippen MR) is 107 cm³/mol. The van der Waals surface area contributed by atoms with Crippen molar-refractivity contribution in [1.82, 2.24) is 5.43 Å². The Morgan fingerprint density at radius 3 is 2.64 bits per heavy atom. The summed E-state index contributed by atoms with van der Waals surface area (Å²) in [4.78, 5) is 1.98. The largest absolute Gasteiger partial charge is 0.495 e. The molecule has 0 aliphatic heterocycles. The summed E-state index contributed by atoms with van der Waals surface area (Å²) in [7, 11) is 3.54. The molecule has 25 heavy (non-hydrogen) atoms. The topological polar surface area (TPSA) is 69.1 Å². The van der Waals surface area contributed by atoms with Crippen LogP contribution >= 0.6 is 12.2 Å². The zero-order chi connectivity index (χ0) is 18.1. The Morgan fingerprint density at radius 2 is 1.96 bits per heavy atom. The first-order chi connectivity index (χ1) is 12.1. The van der Waals surface area contributed by atoms with E-state index in [0.717, 1.165) is 16.9 Å². The van der Waals surface area contributed by atoms with Crippen LogP contribution in [-0.4, -0.2) is 43.7 Å². The number of ether oxygens (including phenoxy) is 1. The maximum atomic E-state index is 8.96. The SMILES string of the molecule is COc1ccccc1NC(=S)N/N=C\c1ccc(N(C)CCO)cc1. The van der Waals surface area contributed by atoms with E-state index in [0.29, 0.717) is 17.4 Å². The molecule has 7 heteroatoms. The van der Waals surface area contributed by atoms with Crippen molar-refractivity contribution in [3.63, 3.8) is 0 Å². The molecule has 132 valence electrons. The second-order valence-corrected chi connectivity index (χ2v) is 5.67. The van der Waals surface area contributed by atoms with Gasteiger partial charge in [0, 0.05) is 19.3 Å². The minimum atomic E-state index is 0.125. The number of hydrazone groups is 1. The zero-order valence-electron chi connectivity index (χ0n) is 14.3. The number of hydrogen-bond donors (Lipinski definition) is 3. The summed E-state index contributed by atoms with van der Waals surface area (Å²) in [6.07, 6.45) is 1.69. The Bertz CT molecular complexity index is 719. The summed E-state index contributed by atoms with van der Waals surface area (Å²) in [6.45, 7) is 0.720. The molecule has 0 unspecified atom stereocenters. The summed E-state index contributed by atoms with van der Waals surface area (Å²) in [5.74, 6) is 0.707.